The molecular weight excluding hydrogens is 362 g/mol. The third kappa shape index (κ3) is 4.10. The maximum absolute atomic E-state index is 10.00. The molecule has 4 rings (SSSR count). The van der Waals surface area contributed by atoms with Crippen molar-refractivity contribution in [2.75, 3.05) is 26.7 Å². The predicted octanol–water partition coefficient (Wildman–Crippen LogP) is 2.93. The molecule has 0 unspecified atom stereocenters. The van der Waals surface area contributed by atoms with Gasteiger partial charge >= 0.3 is 0 Å². The average molecular weight is 387 g/mol. The van der Waals surface area contributed by atoms with E-state index in [4.69, 9.17) is 23.7 Å². The van der Waals surface area contributed by atoms with Gasteiger partial charge in [0.1, 0.15) is 5.75 Å². The highest BCUT2D eigenvalue weighted by Crippen LogP contribution is 2.39. The number of hydrogen-bond acceptors (Lipinski definition) is 7. The zero-order valence-electron chi connectivity index (χ0n) is 16.1. The van der Waals surface area contributed by atoms with Crippen LogP contribution in [0.3, 0.4) is 0 Å². The van der Waals surface area contributed by atoms with E-state index < -0.39 is 6.10 Å². The number of benzene rings is 2. The molecule has 0 bridgehead atoms. The smallest absolute Gasteiger partial charge is 0.231 e. The minimum atomic E-state index is -0.460. The van der Waals surface area contributed by atoms with Gasteiger partial charge in [-0.15, -0.1) is 0 Å². The average Bonchev–Trinajstić information content (AvgIpc) is 3.29. The van der Waals surface area contributed by atoms with Crippen molar-refractivity contribution in [3.8, 4) is 28.7 Å². The van der Waals surface area contributed by atoms with Crippen LogP contribution in [0.1, 0.15) is 25.0 Å². The first-order chi connectivity index (χ1) is 13.6. The first kappa shape index (κ1) is 18.7. The maximum atomic E-state index is 10.00. The summed E-state index contributed by atoms with van der Waals surface area (Å²) in [7, 11) is 0. The van der Waals surface area contributed by atoms with Crippen molar-refractivity contribution in [1.29, 1.82) is 0 Å². The quantitative estimate of drug-likeness (QED) is 0.747. The van der Waals surface area contributed by atoms with E-state index >= 15 is 0 Å². The monoisotopic (exact) mass is 387 g/mol. The summed E-state index contributed by atoms with van der Waals surface area (Å²) in [6.45, 7) is 6.56. The van der Waals surface area contributed by atoms with Crippen LogP contribution < -0.4 is 23.7 Å². The molecule has 0 amide bonds. The molecule has 7 nitrogen and oxygen atoms in total. The van der Waals surface area contributed by atoms with Gasteiger partial charge in [0.2, 0.25) is 13.6 Å². The van der Waals surface area contributed by atoms with Crippen LogP contribution in [0.5, 0.6) is 28.7 Å². The zero-order valence-corrected chi connectivity index (χ0v) is 16.1. The van der Waals surface area contributed by atoms with Crippen molar-refractivity contribution in [1.82, 2.24) is 4.90 Å². The summed E-state index contributed by atoms with van der Waals surface area (Å²) in [5, 5.41) is 10.00. The first-order valence-electron chi connectivity index (χ1n) is 9.46. The molecule has 28 heavy (non-hydrogen) atoms. The highest BCUT2D eigenvalue weighted by molar-refractivity contribution is 5.52. The van der Waals surface area contributed by atoms with E-state index in [-0.39, 0.29) is 13.6 Å². The highest BCUT2D eigenvalue weighted by atomic mass is 16.7. The number of aliphatic hydroxyl groups is 1. The van der Waals surface area contributed by atoms with Crippen molar-refractivity contribution in [2.45, 2.75) is 33.0 Å². The Morgan fingerprint density at radius 1 is 0.964 bits per heavy atom. The second-order valence-corrected chi connectivity index (χ2v) is 6.95. The normalized spacial score (nSPS) is 15.1. The largest absolute Gasteiger partial charge is 0.493 e. The topological polar surface area (TPSA) is 69.6 Å². The van der Waals surface area contributed by atoms with Crippen molar-refractivity contribution in [3.63, 3.8) is 0 Å². The van der Waals surface area contributed by atoms with Crippen molar-refractivity contribution in [3.05, 3.63) is 41.5 Å². The summed E-state index contributed by atoms with van der Waals surface area (Å²) in [6, 6.07) is 9.76. The van der Waals surface area contributed by atoms with Crippen molar-refractivity contribution in [2.24, 2.45) is 0 Å². The van der Waals surface area contributed by atoms with Gasteiger partial charge < -0.3 is 28.8 Å². The predicted molar refractivity (Wildman–Crippen MR) is 102 cm³/mol. The SMILES string of the molecule is CCOc1cc2c(cc1CN(Cc1ccc3c(c1)OCO3)C[C@H](C)O)OCO2. The zero-order chi connectivity index (χ0) is 19.5. The van der Waals surface area contributed by atoms with Crippen molar-refractivity contribution < 1.29 is 28.8 Å². The molecule has 1 atom stereocenters. The second kappa shape index (κ2) is 8.16. The molecule has 0 aliphatic carbocycles. The van der Waals surface area contributed by atoms with Crippen LogP contribution >= 0.6 is 0 Å². The Morgan fingerprint density at radius 3 is 2.36 bits per heavy atom. The Hall–Kier alpha value is -2.64. The lowest BCUT2D eigenvalue weighted by Gasteiger charge is -2.25. The summed E-state index contributed by atoms with van der Waals surface area (Å²) in [6.07, 6.45) is -0.460. The van der Waals surface area contributed by atoms with E-state index in [1.807, 2.05) is 37.3 Å². The van der Waals surface area contributed by atoms with Crippen molar-refractivity contribution >= 4 is 0 Å². The summed E-state index contributed by atoms with van der Waals surface area (Å²) >= 11 is 0. The van der Waals surface area contributed by atoms with E-state index in [0.717, 1.165) is 34.1 Å². The number of ether oxygens (including phenoxy) is 5. The molecule has 0 saturated carbocycles. The lowest BCUT2D eigenvalue weighted by Crippen LogP contribution is -2.30. The molecule has 2 heterocycles. The van der Waals surface area contributed by atoms with E-state index in [1.165, 1.54) is 0 Å². The minimum Gasteiger partial charge on any atom is -0.493 e. The number of hydrogen-bond donors (Lipinski definition) is 1. The van der Waals surface area contributed by atoms with Gasteiger partial charge in [0.05, 0.1) is 12.7 Å². The Bertz CT molecular complexity index is 838. The number of fused-ring (bicyclic) bond motifs is 2. The van der Waals surface area contributed by atoms with Crippen LogP contribution in [0, 0.1) is 0 Å². The number of aliphatic hydroxyl groups excluding tert-OH is 1. The lowest BCUT2D eigenvalue weighted by atomic mass is 10.1. The summed E-state index contributed by atoms with van der Waals surface area (Å²) in [5.74, 6) is 3.71. The van der Waals surface area contributed by atoms with Gasteiger partial charge in [-0.1, -0.05) is 6.07 Å². The molecule has 2 aliphatic rings. The highest BCUT2D eigenvalue weighted by Gasteiger charge is 2.21. The second-order valence-electron chi connectivity index (χ2n) is 6.95. The summed E-state index contributed by atoms with van der Waals surface area (Å²) in [4.78, 5) is 2.17. The number of rotatable bonds is 8. The fraction of sp³-hybridized carbons (Fsp3) is 0.429. The first-order valence-corrected chi connectivity index (χ1v) is 9.46. The van der Waals surface area contributed by atoms with Gasteiger partial charge in [-0.05, 0) is 37.6 Å². The summed E-state index contributed by atoms with van der Waals surface area (Å²) < 4.78 is 27.7. The molecule has 0 radical (unpaired) electrons. The van der Waals surface area contributed by atoms with Crippen LogP contribution in [0.25, 0.3) is 0 Å². The molecule has 2 aromatic rings. The molecule has 2 aliphatic heterocycles. The minimum absolute atomic E-state index is 0.221. The Balaban J connectivity index is 1.56. The third-order valence-corrected chi connectivity index (χ3v) is 4.62. The van der Waals surface area contributed by atoms with E-state index in [2.05, 4.69) is 4.90 Å². The summed E-state index contributed by atoms with van der Waals surface area (Å²) in [5.41, 5.74) is 2.08. The van der Waals surface area contributed by atoms with Gasteiger partial charge in [-0.2, -0.15) is 0 Å². The Morgan fingerprint density at radius 2 is 1.64 bits per heavy atom. The number of nitrogens with zero attached hydrogens (tertiary/aromatic N) is 1. The molecular formula is C21H25NO6. The molecule has 0 spiro atoms. The van der Waals surface area contributed by atoms with Crippen LogP contribution in [-0.4, -0.2) is 42.8 Å². The van der Waals surface area contributed by atoms with E-state index in [9.17, 15) is 5.11 Å². The van der Waals surface area contributed by atoms with Crippen LogP contribution in [0.2, 0.25) is 0 Å². The molecule has 7 heteroatoms. The van der Waals surface area contributed by atoms with Crippen LogP contribution in [-0.2, 0) is 13.1 Å². The van der Waals surface area contributed by atoms with Gasteiger partial charge in [0.15, 0.2) is 23.0 Å². The van der Waals surface area contributed by atoms with Gasteiger partial charge in [-0.25, -0.2) is 0 Å². The Kier molecular flexibility index (Phi) is 5.45. The van der Waals surface area contributed by atoms with Gasteiger partial charge in [-0.3, -0.25) is 4.90 Å². The molecule has 150 valence electrons. The maximum Gasteiger partial charge on any atom is 0.231 e. The fourth-order valence-corrected chi connectivity index (χ4v) is 3.48. The van der Waals surface area contributed by atoms with Crippen LogP contribution in [0.4, 0.5) is 0 Å². The van der Waals surface area contributed by atoms with Crippen LogP contribution in [0.15, 0.2) is 30.3 Å². The fourth-order valence-electron chi connectivity index (χ4n) is 3.48. The van der Waals surface area contributed by atoms with Gasteiger partial charge in [0, 0.05) is 31.3 Å². The molecule has 0 saturated heterocycles. The lowest BCUT2D eigenvalue weighted by molar-refractivity contribution is 0.117. The molecule has 0 aromatic heterocycles. The molecule has 2 aromatic carbocycles. The van der Waals surface area contributed by atoms with Gasteiger partial charge in [0.25, 0.3) is 0 Å². The van der Waals surface area contributed by atoms with E-state index in [1.54, 1.807) is 6.92 Å². The third-order valence-electron chi connectivity index (χ3n) is 4.62. The Labute approximate surface area is 164 Å². The molecule has 1 N–H and O–H groups in total. The standard InChI is InChI=1S/C21H25NO6/c1-3-24-18-8-21-20(27-13-28-21)7-16(18)11-22(9-14(2)23)10-15-4-5-17-19(6-15)26-12-25-17/h4-8,14,23H,3,9-13H2,1-2H3/t14-/m0/s1. The molecule has 0 fully saturated rings. The van der Waals surface area contributed by atoms with E-state index in [0.29, 0.717) is 32.0 Å².